The minimum atomic E-state index is -0.184. The molecule has 0 fully saturated rings. The molecule has 0 saturated carbocycles. The molecule has 0 atom stereocenters. The molecule has 9 heteroatoms. The van der Waals surface area contributed by atoms with Gasteiger partial charge in [-0.15, -0.1) is 0 Å². The van der Waals surface area contributed by atoms with Crippen LogP contribution in [0.15, 0.2) is 47.5 Å². The number of nitrogens with one attached hydrogen (secondary N) is 2. The molecule has 32 heavy (non-hydrogen) atoms. The fraction of sp³-hybridized carbons (Fsp3) is 0.261. The number of Topliss-reactive ketones (excluding diaryl/α,β-unsaturated/α-hetero) is 1. The van der Waals surface area contributed by atoms with Gasteiger partial charge in [0.25, 0.3) is 5.56 Å². The minimum Gasteiger partial charge on any atom is -0.324 e. The number of aromatic nitrogens is 5. The highest BCUT2D eigenvalue weighted by Gasteiger charge is 2.18. The number of ketones is 1. The summed E-state index contributed by atoms with van der Waals surface area (Å²) < 4.78 is 3.30. The second-order valence-electron chi connectivity index (χ2n) is 7.75. The van der Waals surface area contributed by atoms with Gasteiger partial charge in [0.15, 0.2) is 11.4 Å². The summed E-state index contributed by atoms with van der Waals surface area (Å²) in [7, 11) is 0. The van der Waals surface area contributed by atoms with Gasteiger partial charge in [0, 0.05) is 38.1 Å². The molecule has 0 unspecified atom stereocenters. The van der Waals surface area contributed by atoms with Crippen molar-refractivity contribution in [1.82, 2.24) is 29.6 Å². The number of nitrogens with zero attached hydrogens (tertiary/aromatic N) is 5. The molecule has 0 saturated heterocycles. The van der Waals surface area contributed by atoms with E-state index < -0.39 is 0 Å². The van der Waals surface area contributed by atoms with Crippen LogP contribution in [0.1, 0.15) is 35.5 Å². The zero-order valence-electron chi connectivity index (χ0n) is 17.9. The third kappa shape index (κ3) is 3.46. The maximum Gasteiger partial charge on any atom is 0.278 e. The van der Waals surface area contributed by atoms with Crippen molar-refractivity contribution < 1.29 is 4.79 Å². The third-order valence-corrected chi connectivity index (χ3v) is 5.67. The average Bonchev–Trinajstić information content (AvgIpc) is 3.10. The van der Waals surface area contributed by atoms with Crippen LogP contribution in [0.5, 0.6) is 0 Å². The normalized spacial score (nSPS) is 13.2. The first-order chi connectivity index (χ1) is 15.5. The quantitative estimate of drug-likeness (QED) is 0.470. The fourth-order valence-electron chi connectivity index (χ4n) is 4.06. The highest BCUT2D eigenvalue weighted by atomic mass is 16.1. The van der Waals surface area contributed by atoms with Gasteiger partial charge < -0.3 is 10.6 Å². The van der Waals surface area contributed by atoms with Crippen LogP contribution in [0, 0.1) is 0 Å². The number of rotatable bonds is 5. The highest BCUT2D eigenvalue weighted by molar-refractivity contribution is 5.92. The molecule has 0 amide bonds. The van der Waals surface area contributed by atoms with Gasteiger partial charge in [-0.3, -0.25) is 14.6 Å². The average molecular weight is 429 g/mol. The first kappa shape index (κ1) is 20.1. The van der Waals surface area contributed by atoms with Crippen molar-refractivity contribution in [3.8, 4) is 5.69 Å². The second-order valence-corrected chi connectivity index (χ2v) is 7.75. The van der Waals surface area contributed by atoms with Crippen molar-refractivity contribution in [3.05, 3.63) is 69.9 Å². The van der Waals surface area contributed by atoms with Gasteiger partial charge >= 0.3 is 0 Å². The maximum absolute atomic E-state index is 13.0. The summed E-state index contributed by atoms with van der Waals surface area (Å²) in [5, 5.41) is 7.05. The van der Waals surface area contributed by atoms with Crippen LogP contribution in [-0.4, -0.2) is 36.6 Å². The topological polar surface area (TPSA) is 107 Å². The molecule has 0 bridgehead atoms. The molecule has 0 aliphatic carbocycles. The summed E-state index contributed by atoms with van der Waals surface area (Å²) in [6, 6.07) is 9.65. The number of pyridine rings is 1. The van der Waals surface area contributed by atoms with E-state index in [-0.39, 0.29) is 11.3 Å². The van der Waals surface area contributed by atoms with Crippen molar-refractivity contribution >= 4 is 28.5 Å². The van der Waals surface area contributed by atoms with E-state index in [1.165, 1.54) is 18.1 Å². The van der Waals surface area contributed by atoms with E-state index in [2.05, 4.69) is 37.7 Å². The van der Waals surface area contributed by atoms with E-state index in [1.54, 1.807) is 33.9 Å². The lowest BCUT2D eigenvalue weighted by Crippen LogP contribution is -2.23. The summed E-state index contributed by atoms with van der Waals surface area (Å²) in [6.45, 7) is 5.63. The fourth-order valence-corrected chi connectivity index (χ4v) is 4.06. The first-order valence-electron chi connectivity index (χ1n) is 10.6. The van der Waals surface area contributed by atoms with E-state index in [0.29, 0.717) is 34.9 Å². The molecule has 1 aliphatic heterocycles. The van der Waals surface area contributed by atoms with Crippen LogP contribution in [0.25, 0.3) is 16.7 Å². The van der Waals surface area contributed by atoms with Crippen molar-refractivity contribution in [1.29, 1.82) is 0 Å². The molecule has 9 nitrogen and oxygen atoms in total. The Morgan fingerprint density at radius 1 is 1.19 bits per heavy atom. The van der Waals surface area contributed by atoms with Gasteiger partial charge in [-0.25, -0.2) is 14.3 Å². The summed E-state index contributed by atoms with van der Waals surface area (Å²) in [5.74, 6) is 0.252. The van der Waals surface area contributed by atoms with Gasteiger partial charge in [0.05, 0.1) is 5.69 Å². The van der Waals surface area contributed by atoms with Gasteiger partial charge in [-0.1, -0.05) is 6.07 Å². The Labute approximate surface area is 184 Å². The summed E-state index contributed by atoms with van der Waals surface area (Å²) in [6.07, 6.45) is 4.08. The van der Waals surface area contributed by atoms with Crippen LogP contribution in [0.4, 0.5) is 11.6 Å². The van der Waals surface area contributed by atoms with Crippen LogP contribution >= 0.6 is 0 Å². The lowest BCUT2D eigenvalue weighted by Gasteiger charge is -2.18. The Bertz CT molecular complexity index is 1400. The molecule has 162 valence electrons. The molecular formula is C23H23N7O2. The molecule has 4 aromatic rings. The predicted octanol–water partition coefficient (Wildman–Crippen LogP) is 2.59. The number of benzene rings is 1. The molecule has 1 aliphatic rings. The third-order valence-electron chi connectivity index (χ3n) is 5.67. The largest absolute Gasteiger partial charge is 0.324 e. The molecule has 2 N–H and O–H groups in total. The van der Waals surface area contributed by atoms with E-state index in [4.69, 9.17) is 0 Å². The minimum absolute atomic E-state index is 0.145. The zero-order valence-corrected chi connectivity index (χ0v) is 17.9. The summed E-state index contributed by atoms with van der Waals surface area (Å²) in [5.41, 5.74) is 4.76. The lowest BCUT2D eigenvalue weighted by atomic mass is 10.0. The molecule has 5 rings (SSSR count). The molecule has 4 heterocycles. The number of hydrogen-bond acceptors (Lipinski definition) is 7. The van der Waals surface area contributed by atoms with Crippen LogP contribution < -0.4 is 16.2 Å². The van der Waals surface area contributed by atoms with Crippen molar-refractivity contribution in [2.75, 3.05) is 11.9 Å². The Morgan fingerprint density at radius 2 is 2.06 bits per heavy atom. The van der Waals surface area contributed by atoms with Gasteiger partial charge in [0.2, 0.25) is 5.95 Å². The van der Waals surface area contributed by atoms with Gasteiger partial charge in [-0.05, 0) is 55.3 Å². The highest BCUT2D eigenvalue weighted by Crippen LogP contribution is 2.22. The molecule has 3 aromatic heterocycles. The summed E-state index contributed by atoms with van der Waals surface area (Å²) >= 11 is 0. The smallest absolute Gasteiger partial charge is 0.278 e. The number of carbonyl (C=O) groups excluding carboxylic acids is 1. The molecule has 0 spiro atoms. The van der Waals surface area contributed by atoms with Crippen molar-refractivity contribution in [2.45, 2.75) is 33.4 Å². The van der Waals surface area contributed by atoms with E-state index >= 15 is 0 Å². The lowest BCUT2D eigenvalue weighted by molar-refractivity contribution is 0.101. The monoisotopic (exact) mass is 429 g/mol. The molecular weight excluding hydrogens is 406 g/mol. The van der Waals surface area contributed by atoms with Crippen LogP contribution in [-0.2, 0) is 19.5 Å². The Kier molecular flexibility index (Phi) is 5.02. The Hall–Kier alpha value is -3.85. The van der Waals surface area contributed by atoms with Crippen LogP contribution in [0.3, 0.4) is 0 Å². The zero-order chi connectivity index (χ0) is 22.2. The summed E-state index contributed by atoms with van der Waals surface area (Å²) in [4.78, 5) is 37.9. The van der Waals surface area contributed by atoms with E-state index in [1.807, 2.05) is 13.0 Å². The number of hydrogen-bond donors (Lipinski definition) is 2. The number of fused-ring (bicyclic) bond motifs is 2. The standard InChI is InChI=1S/C23H23N7O2/c1-3-29-22(32)19-13-26-23(27-17-5-4-16-12-24-8-6-15(16)10-17)28-21(19)30(29)18-7-9-25-20(11-18)14(2)31/h4-5,7,9-11,13,24H,3,6,8,12H2,1-2H3,(H,26,27,28). The van der Waals surface area contributed by atoms with Gasteiger partial charge in [-0.2, -0.15) is 4.98 Å². The predicted molar refractivity (Wildman–Crippen MR) is 122 cm³/mol. The Morgan fingerprint density at radius 3 is 2.88 bits per heavy atom. The van der Waals surface area contributed by atoms with E-state index in [9.17, 15) is 9.59 Å². The van der Waals surface area contributed by atoms with Crippen molar-refractivity contribution in [2.24, 2.45) is 0 Å². The SMILES string of the molecule is CCn1c(=O)c2cnc(Nc3ccc4c(c3)CCNC4)nc2n1-c1ccnc(C(C)=O)c1. The number of carbonyl (C=O) groups is 1. The van der Waals surface area contributed by atoms with E-state index in [0.717, 1.165) is 25.2 Å². The number of anilines is 2. The maximum atomic E-state index is 13.0. The Balaban J connectivity index is 1.60. The van der Waals surface area contributed by atoms with Gasteiger partial charge in [0.1, 0.15) is 11.1 Å². The second kappa shape index (κ2) is 8.01. The van der Waals surface area contributed by atoms with Crippen molar-refractivity contribution in [3.63, 3.8) is 0 Å². The first-order valence-corrected chi connectivity index (χ1v) is 10.6. The molecule has 0 radical (unpaired) electrons. The molecule has 1 aromatic carbocycles. The van der Waals surface area contributed by atoms with Crippen LogP contribution in [0.2, 0.25) is 0 Å².